The average Bonchev–Trinajstić information content (AvgIpc) is 2.15. The summed E-state index contributed by atoms with van der Waals surface area (Å²) in [5.41, 5.74) is 2.05. The first kappa shape index (κ1) is 14.7. The van der Waals surface area contributed by atoms with Crippen LogP contribution in [-0.2, 0) is 4.84 Å². The molecule has 0 saturated heterocycles. The molecule has 4 amide bonds. The monoisotopic (exact) mass is 248 g/mol. The summed E-state index contributed by atoms with van der Waals surface area (Å²) in [6.07, 6.45) is 1.69. The van der Waals surface area contributed by atoms with Crippen molar-refractivity contribution < 1.29 is 14.4 Å². The number of thioether (sulfide) groups is 1. The second-order valence-electron chi connectivity index (χ2n) is 2.99. The lowest BCUT2D eigenvalue weighted by Crippen LogP contribution is -2.38. The zero-order valence-corrected chi connectivity index (χ0v) is 10.5. The van der Waals surface area contributed by atoms with E-state index in [1.165, 1.54) is 7.11 Å². The summed E-state index contributed by atoms with van der Waals surface area (Å²) in [4.78, 5) is 30.3. The van der Waals surface area contributed by atoms with Crippen molar-refractivity contribution in [3.8, 4) is 0 Å². The predicted octanol–water partition coefficient (Wildman–Crippen LogP) is 0.684. The van der Waals surface area contributed by atoms with E-state index in [2.05, 4.69) is 20.5 Å². The van der Waals surface area contributed by atoms with Crippen molar-refractivity contribution in [2.75, 3.05) is 13.4 Å². The Labute approximate surface area is 98.4 Å². The highest BCUT2D eigenvalue weighted by molar-refractivity contribution is 8.13. The Hall–Kier alpha value is -1.28. The van der Waals surface area contributed by atoms with E-state index >= 15 is 0 Å². The van der Waals surface area contributed by atoms with Crippen molar-refractivity contribution in [2.24, 2.45) is 4.99 Å². The lowest BCUT2D eigenvalue weighted by Gasteiger charge is -2.07. The van der Waals surface area contributed by atoms with Gasteiger partial charge < -0.3 is 5.32 Å². The van der Waals surface area contributed by atoms with Crippen LogP contribution in [0.15, 0.2) is 4.99 Å². The van der Waals surface area contributed by atoms with Gasteiger partial charge in [0.1, 0.15) is 0 Å². The quantitative estimate of drug-likeness (QED) is 0.381. The fourth-order valence-corrected chi connectivity index (χ4v) is 1.08. The Bertz CT molecular complexity index is 280. The molecule has 0 unspecified atom stereocenters. The van der Waals surface area contributed by atoms with E-state index in [0.717, 1.165) is 11.8 Å². The van der Waals surface area contributed by atoms with Gasteiger partial charge in [-0.05, 0) is 20.1 Å². The minimum Gasteiger partial charge on any atom is -0.334 e. The average molecular weight is 248 g/mol. The molecule has 7 nitrogen and oxygen atoms in total. The highest BCUT2D eigenvalue weighted by Crippen LogP contribution is 1.95. The first-order valence-corrected chi connectivity index (χ1v) is 5.75. The van der Waals surface area contributed by atoms with Crippen LogP contribution >= 0.6 is 11.8 Å². The molecule has 0 rings (SSSR count). The Morgan fingerprint density at radius 2 is 2.00 bits per heavy atom. The maximum atomic E-state index is 11.2. The number of amidine groups is 1. The highest BCUT2D eigenvalue weighted by atomic mass is 32.2. The van der Waals surface area contributed by atoms with E-state index in [0.29, 0.717) is 0 Å². The van der Waals surface area contributed by atoms with Gasteiger partial charge in [0.15, 0.2) is 5.17 Å². The van der Waals surface area contributed by atoms with Crippen molar-refractivity contribution in [1.82, 2.24) is 16.1 Å². The SMILES string of the molecule is CONC(=O)NC(=NC(=O)NC(C)C)SC. The maximum absolute atomic E-state index is 11.2. The fourth-order valence-electron chi connectivity index (χ4n) is 0.711. The number of hydroxylamine groups is 1. The number of amides is 4. The summed E-state index contributed by atoms with van der Waals surface area (Å²) in [5, 5.41) is 5.11. The number of nitrogens with one attached hydrogen (secondary N) is 3. The molecule has 0 aromatic heterocycles. The smallest absolute Gasteiger partial charge is 0.334 e. The predicted molar refractivity (Wildman–Crippen MR) is 63.3 cm³/mol. The zero-order valence-electron chi connectivity index (χ0n) is 9.66. The third-order valence-corrected chi connectivity index (χ3v) is 1.80. The van der Waals surface area contributed by atoms with Gasteiger partial charge in [0.25, 0.3) is 0 Å². The first-order valence-electron chi connectivity index (χ1n) is 4.52. The van der Waals surface area contributed by atoms with Crippen LogP contribution < -0.4 is 16.1 Å². The molecule has 0 aliphatic carbocycles. The summed E-state index contributed by atoms with van der Waals surface area (Å²) >= 11 is 1.14. The third-order valence-electron chi connectivity index (χ3n) is 1.22. The Morgan fingerprint density at radius 3 is 2.44 bits per heavy atom. The lowest BCUT2D eigenvalue weighted by atomic mass is 10.4. The number of rotatable bonds is 2. The lowest BCUT2D eigenvalue weighted by molar-refractivity contribution is 0.110. The van der Waals surface area contributed by atoms with Gasteiger partial charge >= 0.3 is 12.1 Å². The van der Waals surface area contributed by atoms with Crippen molar-refractivity contribution in [3.63, 3.8) is 0 Å². The fraction of sp³-hybridized carbons (Fsp3) is 0.625. The minimum absolute atomic E-state index is 0.00726. The standard InChI is InChI=1S/C8H16N4O3S/c1-5(2)9-6(13)10-8(16-4)11-7(14)12-15-3/h5H,1-4H3,(H3,9,10,11,12,13,14). The number of urea groups is 2. The number of nitrogens with zero attached hydrogens (tertiary/aromatic N) is 1. The van der Waals surface area contributed by atoms with E-state index in [4.69, 9.17) is 0 Å². The molecule has 0 fully saturated rings. The molecular weight excluding hydrogens is 232 g/mol. The summed E-state index contributed by atoms with van der Waals surface area (Å²) in [5.74, 6) is 0. The number of carbonyl (C=O) groups excluding carboxylic acids is 2. The summed E-state index contributed by atoms with van der Waals surface area (Å²) in [7, 11) is 1.31. The molecule has 0 aromatic rings. The molecule has 8 heteroatoms. The molecule has 0 bridgehead atoms. The molecule has 16 heavy (non-hydrogen) atoms. The Kier molecular flexibility index (Phi) is 7.31. The van der Waals surface area contributed by atoms with Crippen molar-refractivity contribution in [2.45, 2.75) is 19.9 Å². The normalized spacial score (nSPS) is 11.2. The van der Waals surface area contributed by atoms with Gasteiger partial charge in [-0.1, -0.05) is 11.8 Å². The van der Waals surface area contributed by atoms with Crippen LogP contribution in [0, 0.1) is 0 Å². The number of aliphatic imine (C=N–C) groups is 1. The van der Waals surface area contributed by atoms with Gasteiger partial charge in [-0.2, -0.15) is 4.99 Å². The third kappa shape index (κ3) is 7.07. The molecule has 92 valence electrons. The molecule has 0 spiro atoms. The van der Waals surface area contributed by atoms with Gasteiger partial charge in [0.2, 0.25) is 0 Å². The van der Waals surface area contributed by atoms with Crippen molar-refractivity contribution in [1.29, 1.82) is 0 Å². The highest BCUT2D eigenvalue weighted by Gasteiger charge is 2.07. The van der Waals surface area contributed by atoms with E-state index in [1.807, 2.05) is 19.3 Å². The van der Waals surface area contributed by atoms with Crippen LogP contribution in [0.3, 0.4) is 0 Å². The second kappa shape index (κ2) is 7.94. The van der Waals surface area contributed by atoms with Crippen LogP contribution in [0.1, 0.15) is 13.8 Å². The maximum Gasteiger partial charge on any atom is 0.344 e. The van der Waals surface area contributed by atoms with Gasteiger partial charge in [0.05, 0.1) is 7.11 Å². The molecule has 0 heterocycles. The molecular formula is C8H16N4O3S. The minimum atomic E-state index is -0.590. The second-order valence-corrected chi connectivity index (χ2v) is 3.78. The number of hydrogen-bond acceptors (Lipinski definition) is 4. The summed E-state index contributed by atoms with van der Waals surface area (Å²) in [6, 6.07) is -1.10. The zero-order chi connectivity index (χ0) is 12.6. The van der Waals surface area contributed by atoms with Gasteiger partial charge in [-0.15, -0.1) is 0 Å². The van der Waals surface area contributed by atoms with E-state index < -0.39 is 12.1 Å². The van der Waals surface area contributed by atoms with E-state index in [9.17, 15) is 9.59 Å². The largest absolute Gasteiger partial charge is 0.344 e. The summed E-state index contributed by atoms with van der Waals surface area (Å²) in [6.45, 7) is 3.63. The molecule has 0 radical (unpaired) electrons. The molecule has 0 atom stereocenters. The van der Waals surface area contributed by atoms with E-state index in [1.54, 1.807) is 6.26 Å². The van der Waals surface area contributed by atoms with Crippen LogP contribution in [0.5, 0.6) is 0 Å². The van der Waals surface area contributed by atoms with Crippen molar-refractivity contribution >= 4 is 29.0 Å². The van der Waals surface area contributed by atoms with Crippen LogP contribution in [0.4, 0.5) is 9.59 Å². The molecule has 0 saturated carbocycles. The van der Waals surface area contributed by atoms with Gasteiger partial charge in [-0.25, -0.2) is 15.1 Å². The topological polar surface area (TPSA) is 91.8 Å². The van der Waals surface area contributed by atoms with Crippen LogP contribution in [-0.4, -0.2) is 36.6 Å². The van der Waals surface area contributed by atoms with E-state index in [-0.39, 0.29) is 11.2 Å². The molecule has 3 N–H and O–H groups in total. The van der Waals surface area contributed by atoms with Gasteiger partial charge in [0, 0.05) is 6.04 Å². The number of carbonyl (C=O) groups is 2. The number of hydrogen-bond donors (Lipinski definition) is 3. The molecule has 0 aromatic carbocycles. The van der Waals surface area contributed by atoms with Crippen LogP contribution in [0.25, 0.3) is 0 Å². The molecule has 0 aliphatic heterocycles. The Balaban J connectivity index is 4.31. The molecule has 0 aliphatic rings. The van der Waals surface area contributed by atoms with Crippen LogP contribution in [0.2, 0.25) is 0 Å². The van der Waals surface area contributed by atoms with Gasteiger partial charge in [-0.3, -0.25) is 10.2 Å². The summed E-state index contributed by atoms with van der Waals surface area (Å²) < 4.78 is 0. The van der Waals surface area contributed by atoms with Crippen molar-refractivity contribution in [3.05, 3.63) is 0 Å². The first-order chi connectivity index (χ1) is 7.49. The Morgan fingerprint density at radius 1 is 1.38 bits per heavy atom.